The zero-order valence-electron chi connectivity index (χ0n) is 11.3. The summed E-state index contributed by atoms with van der Waals surface area (Å²) in [4.78, 5) is 14.5. The number of aromatic nitrogens is 1. The smallest absolute Gasteiger partial charge is 0.267 e. The molecular weight excluding hydrogens is 282 g/mol. The number of aromatic amines is 1. The highest BCUT2D eigenvalue weighted by Gasteiger charge is 2.28. The van der Waals surface area contributed by atoms with Gasteiger partial charge in [0.2, 0.25) is 10.0 Å². The number of H-pyrrole nitrogens is 1. The highest BCUT2D eigenvalue weighted by molar-refractivity contribution is 7.89. The van der Waals surface area contributed by atoms with Gasteiger partial charge in [-0.05, 0) is 25.8 Å². The molecule has 1 amide bonds. The lowest BCUT2D eigenvalue weighted by Gasteiger charge is -2.13. The Morgan fingerprint density at radius 3 is 2.75 bits per heavy atom. The molecule has 1 aromatic heterocycles. The molecule has 1 fully saturated rings. The van der Waals surface area contributed by atoms with E-state index in [-0.39, 0.29) is 17.1 Å². The quantitative estimate of drug-likeness (QED) is 0.707. The van der Waals surface area contributed by atoms with E-state index in [0.29, 0.717) is 13.1 Å². The van der Waals surface area contributed by atoms with Crippen molar-refractivity contribution in [1.82, 2.24) is 14.6 Å². The Morgan fingerprint density at radius 1 is 1.50 bits per heavy atom. The predicted octanol–water partition coefficient (Wildman–Crippen LogP) is -0.0902. The lowest BCUT2D eigenvalue weighted by molar-refractivity contribution is 0.0919. The number of hydrogen-bond acceptors (Lipinski definition) is 4. The molecule has 112 valence electrons. The lowest BCUT2D eigenvalue weighted by atomic mass is 10.3. The molecule has 1 aliphatic heterocycles. The number of aliphatic hydroxyl groups is 1. The van der Waals surface area contributed by atoms with Crippen molar-refractivity contribution in [2.45, 2.75) is 30.8 Å². The fraction of sp³-hybridized carbons (Fsp3) is 0.583. The number of amides is 1. The Morgan fingerprint density at radius 2 is 2.15 bits per heavy atom. The zero-order chi connectivity index (χ0) is 14.8. The molecule has 0 aliphatic carbocycles. The summed E-state index contributed by atoms with van der Waals surface area (Å²) in [5.41, 5.74) is 0.170. The number of rotatable bonds is 5. The Bertz CT molecular complexity index is 573. The molecular formula is C12H19N3O4S. The van der Waals surface area contributed by atoms with Crippen LogP contribution >= 0.6 is 0 Å². The number of aliphatic hydroxyl groups excluding tert-OH is 1. The summed E-state index contributed by atoms with van der Waals surface area (Å²) in [7, 11) is -3.51. The van der Waals surface area contributed by atoms with Crippen molar-refractivity contribution in [3.8, 4) is 0 Å². The monoisotopic (exact) mass is 301 g/mol. The van der Waals surface area contributed by atoms with Crippen LogP contribution in [-0.2, 0) is 10.0 Å². The van der Waals surface area contributed by atoms with Crippen LogP contribution in [0.3, 0.4) is 0 Å². The highest BCUT2D eigenvalue weighted by atomic mass is 32.2. The SMILES string of the molecule is CC(O)CNC(=O)c1cc(S(=O)(=O)N2CCCC2)c[nH]1. The van der Waals surface area contributed by atoms with Crippen LogP contribution in [0.5, 0.6) is 0 Å². The number of sulfonamides is 1. The Labute approximate surface area is 118 Å². The van der Waals surface area contributed by atoms with E-state index in [1.807, 2.05) is 0 Å². The van der Waals surface area contributed by atoms with Crippen LogP contribution in [0.2, 0.25) is 0 Å². The molecule has 2 heterocycles. The van der Waals surface area contributed by atoms with Crippen molar-refractivity contribution in [3.05, 3.63) is 18.0 Å². The van der Waals surface area contributed by atoms with Crippen LogP contribution < -0.4 is 5.32 Å². The second-order valence-electron chi connectivity index (χ2n) is 4.92. The van der Waals surface area contributed by atoms with Gasteiger partial charge in [-0.15, -0.1) is 0 Å². The topological polar surface area (TPSA) is 102 Å². The summed E-state index contributed by atoms with van der Waals surface area (Å²) in [5, 5.41) is 11.6. The van der Waals surface area contributed by atoms with Crippen molar-refractivity contribution in [2.75, 3.05) is 19.6 Å². The molecule has 0 aromatic carbocycles. The van der Waals surface area contributed by atoms with Crippen LogP contribution in [0.4, 0.5) is 0 Å². The van der Waals surface area contributed by atoms with Gasteiger partial charge in [0.05, 0.1) is 6.10 Å². The van der Waals surface area contributed by atoms with E-state index < -0.39 is 22.0 Å². The van der Waals surface area contributed by atoms with E-state index in [2.05, 4.69) is 10.3 Å². The molecule has 1 unspecified atom stereocenters. The average Bonchev–Trinajstić information content (AvgIpc) is 3.06. The van der Waals surface area contributed by atoms with Gasteiger partial charge in [-0.1, -0.05) is 0 Å². The van der Waals surface area contributed by atoms with Gasteiger partial charge in [-0.3, -0.25) is 4.79 Å². The molecule has 1 saturated heterocycles. The Kier molecular flexibility index (Phi) is 4.46. The minimum absolute atomic E-state index is 0.0987. The van der Waals surface area contributed by atoms with Crippen molar-refractivity contribution in [1.29, 1.82) is 0 Å². The summed E-state index contributed by atoms with van der Waals surface area (Å²) in [6.07, 6.45) is 2.41. The third kappa shape index (κ3) is 3.20. The number of nitrogens with one attached hydrogen (secondary N) is 2. The van der Waals surface area contributed by atoms with Crippen molar-refractivity contribution >= 4 is 15.9 Å². The fourth-order valence-corrected chi connectivity index (χ4v) is 3.58. The number of hydrogen-bond donors (Lipinski definition) is 3. The van der Waals surface area contributed by atoms with E-state index in [0.717, 1.165) is 12.8 Å². The summed E-state index contributed by atoms with van der Waals surface area (Å²) in [6.45, 7) is 2.72. The Hall–Kier alpha value is -1.38. The molecule has 8 heteroatoms. The first-order valence-corrected chi connectivity index (χ1v) is 8.00. The molecule has 1 atom stereocenters. The van der Waals surface area contributed by atoms with Crippen LogP contribution in [-0.4, -0.2) is 54.5 Å². The maximum Gasteiger partial charge on any atom is 0.267 e. The third-order valence-corrected chi connectivity index (χ3v) is 5.04. The molecule has 1 aromatic rings. The van der Waals surface area contributed by atoms with Crippen molar-refractivity contribution in [2.24, 2.45) is 0 Å². The van der Waals surface area contributed by atoms with Crippen LogP contribution in [0.1, 0.15) is 30.3 Å². The van der Waals surface area contributed by atoms with Gasteiger partial charge in [0.1, 0.15) is 10.6 Å². The van der Waals surface area contributed by atoms with Crippen LogP contribution in [0.15, 0.2) is 17.2 Å². The first-order valence-electron chi connectivity index (χ1n) is 6.56. The largest absolute Gasteiger partial charge is 0.392 e. The van der Waals surface area contributed by atoms with E-state index in [4.69, 9.17) is 5.11 Å². The summed E-state index contributed by atoms with van der Waals surface area (Å²) in [5.74, 6) is -0.436. The van der Waals surface area contributed by atoms with E-state index in [9.17, 15) is 13.2 Å². The number of carbonyl (C=O) groups is 1. The molecule has 0 radical (unpaired) electrons. The van der Waals surface area contributed by atoms with Crippen molar-refractivity contribution in [3.63, 3.8) is 0 Å². The second kappa shape index (κ2) is 5.94. The third-order valence-electron chi connectivity index (χ3n) is 3.16. The molecule has 0 bridgehead atoms. The van der Waals surface area contributed by atoms with E-state index in [1.54, 1.807) is 6.92 Å². The highest BCUT2D eigenvalue weighted by Crippen LogP contribution is 2.21. The molecule has 1 aliphatic rings. The van der Waals surface area contributed by atoms with Crippen LogP contribution in [0.25, 0.3) is 0 Å². The van der Waals surface area contributed by atoms with Gasteiger partial charge in [0, 0.05) is 25.8 Å². The van der Waals surface area contributed by atoms with Gasteiger partial charge in [0.25, 0.3) is 5.91 Å². The summed E-state index contributed by atoms with van der Waals surface area (Å²) in [6, 6.07) is 1.32. The summed E-state index contributed by atoms with van der Waals surface area (Å²) >= 11 is 0. The normalized spacial score (nSPS) is 18.1. The standard InChI is InChI=1S/C12H19N3O4S/c1-9(16)7-14-12(17)11-6-10(8-13-11)20(18,19)15-4-2-3-5-15/h6,8-9,13,16H,2-5,7H2,1H3,(H,14,17). The predicted molar refractivity (Wildman–Crippen MR) is 72.8 cm³/mol. The summed E-state index contributed by atoms with van der Waals surface area (Å²) < 4.78 is 26.0. The maximum absolute atomic E-state index is 12.3. The minimum Gasteiger partial charge on any atom is -0.392 e. The lowest BCUT2D eigenvalue weighted by Crippen LogP contribution is -2.30. The molecule has 2 rings (SSSR count). The first kappa shape index (κ1) is 15.0. The molecule has 0 saturated carbocycles. The minimum atomic E-state index is -3.51. The second-order valence-corrected chi connectivity index (χ2v) is 6.86. The van der Waals surface area contributed by atoms with Gasteiger partial charge < -0.3 is 15.4 Å². The molecule has 3 N–H and O–H groups in total. The van der Waals surface area contributed by atoms with Gasteiger partial charge in [-0.25, -0.2) is 8.42 Å². The zero-order valence-corrected chi connectivity index (χ0v) is 12.1. The Balaban J connectivity index is 2.10. The average molecular weight is 301 g/mol. The van der Waals surface area contributed by atoms with Crippen molar-refractivity contribution < 1.29 is 18.3 Å². The molecule has 20 heavy (non-hydrogen) atoms. The number of carbonyl (C=O) groups excluding carboxylic acids is 1. The van der Waals surface area contributed by atoms with Crippen LogP contribution in [0, 0.1) is 0 Å². The maximum atomic E-state index is 12.3. The number of nitrogens with zero attached hydrogens (tertiary/aromatic N) is 1. The molecule has 7 nitrogen and oxygen atoms in total. The molecule has 0 spiro atoms. The first-order chi connectivity index (χ1) is 9.41. The van der Waals surface area contributed by atoms with Gasteiger partial charge in [0.15, 0.2) is 0 Å². The van der Waals surface area contributed by atoms with Gasteiger partial charge in [-0.2, -0.15) is 4.31 Å². The van der Waals surface area contributed by atoms with Gasteiger partial charge >= 0.3 is 0 Å². The van der Waals surface area contributed by atoms with E-state index in [1.165, 1.54) is 16.6 Å². The fourth-order valence-electron chi connectivity index (χ4n) is 2.07. The van der Waals surface area contributed by atoms with E-state index >= 15 is 0 Å².